The van der Waals surface area contributed by atoms with Gasteiger partial charge in [-0.3, -0.25) is 4.79 Å². The summed E-state index contributed by atoms with van der Waals surface area (Å²) in [6.07, 6.45) is 4.49. The van der Waals surface area contributed by atoms with Crippen molar-refractivity contribution in [2.75, 3.05) is 6.16 Å². The molecule has 1 aromatic heterocycles. The van der Waals surface area contributed by atoms with E-state index in [-0.39, 0.29) is 12.0 Å². The molecular formula is C20H18ClFN2O3P+. The molecule has 2 N–H and O–H groups in total. The molecule has 2 atom stereocenters. The molecule has 0 aliphatic carbocycles. The number of aryl methyl sites for hydroxylation is 1. The Morgan fingerprint density at radius 1 is 1.36 bits per heavy atom. The van der Waals surface area contributed by atoms with Crippen molar-refractivity contribution >= 4 is 42.5 Å². The predicted molar refractivity (Wildman–Crippen MR) is 109 cm³/mol. The van der Waals surface area contributed by atoms with E-state index in [0.29, 0.717) is 16.1 Å². The maximum absolute atomic E-state index is 13.2. The number of benzene rings is 2. The Morgan fingerprint density at radius 3 is 2.86 bits per heavy atom. The van der Waals surface area contributed by atoms with Gasteiger partial charge in [0.2, 0.25) is 5.91 Å². The van der Waals surface area contributed by atoms with Crippen LogP contribution < -0.4 is 5.32 Å². The molecule has 2 aromatic carbocycles. The van der Waals surface area contributed by atoms with Crippen molar-refractivity contribution in [1.29, 1.82) is 0 Å². The summed E-state index contributed by atoms with van der Waals surface area (Å²) in [6.45, 7) is 0. The van der Waals surface area contributed by atoms with Gasteiger partial charge in [0.1, 0.15) is 11.7 Å². The first-order valence-electron chi connectivity index (χ1n) is 8.45. The zero-order chi connectivity index (χ0) is 20.3. The molecule has 28 heavy (non-hydrogen) atoms. The van der Waals surface area contributed by atoms with Crippen LogP contribution in [0.15, 0.2) is 54.9 Å². The van der Waals surface area contributed by atoms with Crippen molar-refractivity contribution in [2.24, 2.45) is 7.05 Å². The van der Waals surface area contributed by atoms with Crippen LogP contribution in [0.4, 0.5) is 4.39 Å². The molecule has 0 aliphatic heterocycles. The predicted octanol–water partition coefficient (Wildman–Crippen LogP) is 4.58. The zero-order valence-corrected chi connectivity index (χ0v) is 16.6. The Kier molecular flexibility index (Phi) is 6.25. The Balaban J connectivity index is 1.89. The summed E-state index contributed by atoms with van der Waals surface area (Å²) in [5, 5.41) is 3.88. The van der Waals surface area contributed by atoms with Gasteiger partial charge in [-0.15, -0.1) is 0 Å². The van der Waals surface area contributed by atoms with Crippen molar-refractivity contribution in [3.63, 3.8) is 0 Å². The average Bonchev–Trinajstić information content (AvgIpc) is 2.95. The summed E-state index contributed by atoms with van der Waals surface area (Å²) >= 11 is 6.10. The van der Waals surface area contributed by atoms with Crippen LogP contribution >= 0.6 is 19.6 Å². The molecule has 0 fully saturated rings. The number of aromatic nitrogens is 1. The van der Waals surface area contributed by atoms with Crippen molar-refractivity contribution in [1.82, 2.24) is 9.88 Å². The first-order valence-corrected chi connectivity index (χ1v) is 10.2. The van der Waals surface area contributed by atoms with Crippen molar-refractivity contribution in [2.45, 2.75) is 5.92 Å². The van der Waals surface area contributed by atoms with Crippen LogP contribution in [-0.4, -0.2) is 21.5 Å². The van der Waals surface area contributed by atoms with E-state index in [1.165, 1.54) is 18.3 Å². The lowest BCUT2D eigenvalue weighted by Crippen LogP contribution is -2.26. The number of fused-ring (bicyclic) bond motifs is 1. The van der Waals surface area contributed by atoms with Gasteiger partial charge in [-0.25, -0.2) is 4.39 Å². The van der Waals surface area contributed by atoms with E-state index in [1.807, 2.05) is 17.7 Å². The first-order chi connectivity index (χ1) is 13.3. The van der Waals surface area contributed by atoms with E-state index in [2.05, 4.69) is 5.32 Å². The quantitative estimate of drug-likeness (QED) is 0.575. The molecule has 0 radical (unpaired) electrons. The Hall–Kier alpha value is -2.53. The highest BCUT2D eigenvalue weighted by Gasteiger charge is 2.31. The normalized spacial score (nSPS) is 13.1. The second kappa shape index (κ2) is 8.65. The third-order valence-corrected chi connectivity index (χ3v) is 5.28. The fourth-order valence-corrected chi connectivity index (χ4v) is 3.93. The molecule has 1 amide bonds. The van der Waals surface area contributed by atoms with E-state index >= 15 is 0 Å². The van der Waals surface area contributed by atoms with Crippen molar-refractivity contribution < 1.29 is 18.6 Å². The van der Waals surface area contributed by atoms with Gasteiger partial charge in [-0.1, -0.05) is 23.7 Å². The summed E-state index contributed by atoms with van der Waals surface area (Å²) in [4.78, 5) is 22.2. The largest absolute Gasteiger partial charge is 0.506 e. The number of amides is 1. The summed E-state index contributed by atoms with van der Waals surface area (Å²) in [6, 6.07) is 11.2. The van der Waals surface area contributed by atoms with Crippen LogP contribution in [0.2, 0.25) is 5.02 Å². The fourth-order valence-electron chi connectivity index (χ4n) is 3.08. The fraction of sp³-hybridized carbons (Fsp3) is 0.150. The molecule has 0 saturated carbocycles. The van der Waals surface area contributed by atoms with Crippen LogP contribution in [0.3, 0.4) is 0 Å². The third-order valence-electron chi connectivity index (χ3n) is 4.36. The molecule has 2 unspecified atom stereocenters. The smallest absolute Gasteiger partial charge is 0.350 e. The maximum atomic E-state index is 13.2. The maximum Gasteiger partial charge on any atom is 0.506 e. The highest BCUT2D eigenvalue weighted by Crippen LogP contribution is 2.34. The molecule has 3 aromatic rings. The third kappa shape index (κ3) is 4.65. The summed E-state index contributed by atoms with van der Waals surface area (Å²) in [5.74, 6) is -1.65. The lowest BCUT2D eigenvalue weighted by molar-refractivity contribution is -0.121. The lowest BCUT2D eigenvalue weighted by atomic mass is 9.99. The number of carbonyl (C=O) groups excluding carboxylic acids is 1. The molecule has 0 saturated heterocycles. The Labute approximate surface area is 167 Å². The Bertz CT molecular complexity index is 1080. The molecule has 3 rings (SSSR count). The van der Waals surface area contributed by atoms with E-state index in [4.69, 9.17) is 11.6 Å². The lowest BCUT2D eigenvalue weighted by Gasteiger charge is -2.10. The number of halogens is 2. The zero-order valence-electron chi connectivity index (χ0n) is 15.0. The van der Waals surface area contributed by atoms with Crippen LogP contribution in [-0.2, 0) is 16.4 Å². The number of rotatable bonds is 6. The topological polar surface area (TPSA) is 71.3 Å². The van der Waals surface area contributed by atoms with Gasteiger partial charge in [0.15, 0.2) is 6.16 Å². The van der Waals surface area contributed by atoms with Gasteiger partial charge in [0, 0.05) is 35.4 Å². The Morgan fingerprint density at radius 2 is 2.14 bits per heavy atom. The van der Waals surface area contributed by atoms with E-state index in [9.17, 15) is 18.6 Å². The number of nitrogens with one attached hydrogen (secondary N) is 1. The number of carbonyl (C=O) groups is 1. The monoisotopic (exact) mass is 419 g/mol. The minimum Gasteiger partial charge on any atom is -0.350 e. The van der Waals surface area contributed by atoms with E-state index in [1.54, 1.807) is 36.5 Å². The van der Waals surface area contributed by atoms with Gasteiger partial charge in [-0.05, 0) is 52.1 Å². The minimum absolute atomic E-state index is 0.222. The van der Waals surface area contributed by atoms with Gasteiger partial charge in [-0.2, -0.15) is 4.89 Å². The molecular weight excluding hydrogens is 402 g/mol. The molecule has 0 aliphatic rings. The average molecular weight is 420 g/mol. The van der Waals surface area contributed by atoms with Crippen molar-refractivity contribution in [3.05, 3.63) is 76.8 Å². The van der Waals surface area contributed by atoms with Crippen LogP contribution in [0, 0.1) is 5.82 Å². The minimum atomic E-state index is -2.54. The molecule has 8 heteroatoms. The first kappa shape index (κ1) is 20.2. The summed E-state index contributed by atoms with van der Waals surface area (Å²) in [7, 11) is -0.709. The molecule has 1 heterocycles. The van der Waals surface area contributed by atoms with Gasteiger partial charge in [0.25, 0.3) is 0 Å². The van der Waals surface area contributed by atoms with Crippen molar-refractivity contribution in [3.8, 4) is 0 Å². The van der Waals surface area contributed by atoms with Crippen LogP contribution in [0.1, 0.15) is 17.0 Å². The standard InChI is InChI=1S/C20H17ClFN2O3P/c1-24-11-17(16-10-14(21)5-6-19(16)24)18(12-28(26)27)20(25)23-8-7-13-3-2-4-15(22)9-13/h2-11,18H,12H2,1H3,(H-,23,25,26,27)/p+1/b8-7+. The van der Waals surface area contributed by atoms with Gasteiger partial charge < -0.3 is 9.88 Å². The number of hydrogen-bond acceptors (Lipinski definition) is 2. The number of nitrogens with zero attached hydrogens (tertiary/aromatic N) is 1. The SMILES string of the molecule is Cn1cc(C(C[P+](=O)O)C(=O)N/C=C/c2cccc(F)c2)c2cc(Cl)ccc21. The highest BCUT2D eigenvalue weighted by molar-refractivity contribution is 7.38. The summed E-state index contributed by atoms with van der Waals surface area (Å²) < 4.78 is 26.6. The second-order valence-electron chi connectivity index (χ2n) is 6.34. The van der Waals surface area contributed by atoms with E-state index < -0.39 is 19.9 Å². The highest BCUT2D eigenvalue weighted by atomic mass is 35.5. The summed E-state index contributed by atoms with van der Waals surface area (Å²) in [5.41, 5.74) is 2.07. The molecule has 5 nitrogen and oxygen atoms in total. The molecule has 144 valence electrons. The van der Waals surface area contributed by atoms with E-state index in [0.717, 1.165) is 10.9 Å². The molecule has 0 bridgehead atoms. The number of hydrogen-bond donors (Lipinski definition) is 2. The second-order valence-corrected chi connectivity index (χ2v) is 7.85. The molecule has 0 spiro atoms. The van der Waals surface area contributed by atoms with Crippen LogP contribution in [0.5, 0.6) is 0 Å². The van der Waals surface area contributed by atoms with Gasteiger partial charge >= 0.3 is 8.03 Å². The van der Waals surface area contributed by atoms with Crippen LogP contribution in [0.25, 0.3) is 17.0 Å². The van der Waals surface area contributed by atoms with Gasteiger partial charge in [0.05, 0.1) is 0 Å².